The Morgan fingerprint density at radius 2 is 0.565 bits per heavy atom. The van der Waals surface area contributed by atoms with Crippen LogP contribution < -0.4 is 0 Å². The van der Waals surface area contributed by atoms with Crippen LogP contribution in [0.3, 0.4) is 0 Å². The number of rotatable bonds is 55. The predicted octanol–water partition coefficient (Wildman–Crippen LogP) is 20.2. The summed E-state index contributed by atoms with van der Waals surface area (Å²) >= 11 is 0. The van der Waals surface area contributed by atoms with Crippen LogP contribution in [-0.4, -0.2) is 37.2 Å². The van der Waals surface area contributed by atoms with Crippen molar-refractivity contribution >= 4 is 17.9 Å². The largest absolute Gasteiger partial charge is 0.462 e. The quantitative estimate of drug-likeness (QED) is 0.0262. The van der Waals surface area contributed by atoms with Crippen LogP contribution >= 0.6 is 0 Å². The van der Waals surface area contributed by atoms with Crippen molar-refractivity contribution in [1.82, 2.24) is 0 Å². The summed E-state index contributed by atoms with van der Waals surface area (Å²) < 4.78 is 16.8. The van der Waals surface area contributed by atoms with E-state index in [4.69, 9.17) is 14.2 Å². The maximum atomic E-state index is 12.7. The van der Waals surface area contributed by atoms with E-state index in [1.807, 2.05) is 0 Å². The fourth-order valence-electron chi connectivity index (χ4n) is 8.85. The van der Waals surface area contributed by atoms with Crippen molar-refractivity contribution in [2.45, 2.75) is 322 Å². The molecule has 0 heterocycles. The molecular weight excluding hydrogens is 853 g/mol. The Labute approximate surface area is 428 Å². The van der Waals surface area contributed by atoms with Gasteiger partial charge in [0.15, 0.2) is 6.10 Å². The number of carbonyl (C=O) groups excluding carboxylic acids is 3. The third kappa shape index (κ3) is 56.2. The smallest absolute Gasteiger partial charge is 0.306 e. The molecule has 0 aliphatic heterocycles. The number of carbonyl (C=O) groups is 3. The summed E-state index contributed by atoms with van der Waals surface area (Å²) in [5.74, 6) is -0.856. The van der Waals surface area contributed by atoms with Gasteiger partial charge in [-0.25, -0.2) is 0 Å². The maximum Gasteiger partial charge on any atom is 0.306 e. The lowest BCUT2D eigenvalue weighted by Gasteiger charge is -2.18. The molecule has 0 spiro atoms. The van der Waals surface area contributed by atoms with Gasteiger partial charge in [0.2, 0.25) is 0 Å². The Morgan fingerprint density at radius 3 is 0.884 bits per heavy atom. The summed E-state index contributed by atoms with van der Waals surface area (Å²) in [5.41, 5.74) is 0. The fraction of sp³-hybridized carbons (Fsp3) is 0.825. The number of esters is 3. The van der Waals surface area contributed by atoms with Crippen LogP contribution in [0.5, 0.6) is 0 Å². The fourth-order valence-corrected chi connectivity index (χ4v) is 8.85. The van der Waals surface area contributed by atoms with Gasteiger partial charge >= 0.3 is 17.9 Å². The van der Waals surface area contributed by atoms with E-state index in [0.717, 1.165) is 83.5 Å². The zero-order chi connectivity index (χ0) is 50.0. The Balaban J connectivity index is 3.91. The summed E-state index contributed by atoms with van der Waals surface area (Å²) in [5, 5.41) is 0. The highest BCUT2D eigenvalue weighted by Gasteiger charge is 2.19. The minimum absolute atomic E-state index is 0.0665. The van der Waals surface area contributed by atoms with Gasteiger partial charge in [-0.3, -0.25) is 14.4 Å². The van der Waals surface area contributed by atoms with Gasteiger partial charge in [-0.05, 0) is 57.8 Å². The summed E-state index contributed by atoms with van der Waals surface area (Å²) in [6, 6.07) is 0. The highest BCUT2D eigenvalue weighted by atomic mass is 16.6. The molecule has 0 aromatic heterocycles. The summed E-state index contributed by atoms with van der Waals surface area (Å²) in [4.78, 5) is 37.9. The van der Waals surface area contributed by atoms with Crippen molar-refractivity contribution in [3.05, 3.63) is 48.6 Å². The molecule has 0 fully saturated rings. The van der Waals surface area contributed by atoms with Gasteiger partial charge in [0, 0.05) is 19.3 Å². The zero-order valence-corrected chi connectivity index (χ0v) is 46.1. The predicted molar refractivity (Wildman–Crippen MR) is 298 cm³/mol. The Bertz CT molecular complexity index is 1200. The van der Waals surface area contributed by atoms with Gasteiger partial charge in [0.05, 0.1) is 0 Å². The molecule has 69 heavy (non-hydrogen) atoms. The van der Waals surface area contributed by atoms with E-state index in [9.17, 15) is 14.4 Å². The van der Waals surface area contributed by atoms with Crippen LogP contribution in [0.15, 0.2) is 48.6 Å². The third-order valence-corrected chi connectivity index (χ3v) is 13.3. The first-order valence-corrected chi connectivity index (χ1v) is 30.1. The van der Waals surface area contributed by atoms with Gasteiger partial charge in [-0.15, -0.1) is 0 Å². The molecule has 0 bridgehead atoms. The van der Waals surface area contributed by atoms with Crippen molar-refractivity contribution in [2.24, 2.45) is 0 Å². The van der Waals surface area contributed by atoms with E-state index >= 15 is 0 Å². The van der Waals surface area contributed by atoms with Crippen LogP contribution in [0.25, 0.3) is 0 Å². The van der Waals surface area contributed by atoms with E-state index < -0.39 is 6.10 Å². The van der Waals surface area contributed by atoms with Crippen LogP contribution in [0.1, 0.15) is 316 Å². The van der Waals surface area contributed by atoms with Crippen LogP contribution in [0, 0.1) is 0 Å². The van der Waals surface area contributed by atoms with Crippen LogP contribution in [0.4, 0.5) is 0 Å². The summed E-state index contributed by atoms with van der Waals surface area (Å²) in [6.45, 7) is 6.52. The van der Waals surface area contributed by atoms with E-state index in [-0.39, 0.29) is 31.1 Å². The van der Waals surface area contributed by atoms with Crippen LogP contribution in [-0.2, 0) is 28.6 Å². The van der Waals surface area contributed by atoms with Crippen molar-refractivity contribution in [1.29, 1.82) is 0 Å². The third-order valence-electron chi connectivity index (χ3n) is 13.3. The van der Waals surface area contributed by atoms with Gasteiger partial charge in [-0.1, -0.05) is 288 Å². The molecule has 0 radical (unpaired) electrons. The van der Waals surface area contributed by atoms with Crippen molar-refractivity contribution in [3.63, 3.8) is 0 Å². The van der Waals surface area contributed by atoms with Crippen molar-refractivity contribution in [2.75, 3.05) is 13.2 Å². The number of ether oxygens (including phenoxy) is 3. The summed E-state index contributed by atoms with van der Waals surface area (Å²) in [6.07, 6.45) is 71.5. The molecule has 0 N–H and O–H groups in total. The molecule has 0 rings (SSSR count). The van der Waals surface area contributed by atoms with Crippen molar-refractivity contribution in [3.8, 4) is 0 Å². The highest BCUT2D eigenvalue weighted by Crippen LogP contribution is 2.17. The molecule has 402 valence electrons. The molecule has 0 aliphatic rings. The minimum Gasteiger partial charge on any atom is -0.462 e. The first-order chi connectivity index (χ1) is 34.0. The zero-order valence-electron chi connectivity index (χ0n) is 46.1. The summed E-state index contributed by atoms with van der Waals surface area (Å²) in [7, 11) is 0. The lowest BCUT2D eigenvalue weighted by Crippen LogP contribution is -2.30. The molecule has 0 aromatic rings. The lowest BCUT2D eigenvalue weighted by atomic mass is 10.0. The molecule has 1 atom stereocenters. The minimum atomic E-state index is -0.763. The number of hydrogen-bond donors (Lipinski definition) is 0. The molecule has 6 nitrogen and oxygen atoms in total. The van der Waals surface area contributed by atoms with E-state index in [2.05, 4.69) is 69.4 Å². The molecule has 0 saturated heterocycles. The first-order valence-electron chi connectivity index (χ1n) is 30.1. The number of unbranched alkanes of at least 4 members (excludes halogenated alkanes) is 36. The normalized spacial score (nSPS) is 12.3. The Hall–Kier alpha value is -2.63. The second-order valence-corrected chi connectivity index (χ2v) is 20.2. The van der Waals surface area contributed by atoms with E-state index in [0.29, 0.717) is 19.3 Å². The monoisotopic (exact) mass is 967 g/mol. The topological polar surface area (TPSA) is 78.9 Å². The molecule has 0 aromatic carbocycles. The average Bonchev–Trinajstić information content (AvgIpc) is 3.35. The lowest BCUT2D eigenvalue weighted by molar-refractivity contribution is -0.167. The molecular formula is C63H114O6. The van der Waals surface area contributed by atoms with E-state index in [1.54, 1.807) is 0 Å². The molecule has 6 heteroatoms. The SMILES string of the molecule is CC/C=C\C/C=C\C/C=C\C/C=C\CCCCCCCCCCCCCCCCCCCCCCC(=O)OCC(COC(=O)CCCCCCCCCCC)OC(=O)CCCCCCCCCCC. The maximum absolute atomic E-state index is 12.7. The average molecular weight is 968 g/mol. The molecule has 1 unspecified atom stereocenters. The second-order valence-electron chi connectivity index (χ2n) is 20.2. The second kappa shape index (κ2) is 57.9. The van der Waals surface area contributed by atoms with Crippen molar-refractivity contribution < 1.29 is 28.6 Å². The highest BCUT2D eigenvalue weighted by molar-refractivity contribution is 5.71. The Kier molecular flexibility index (Phi) is 55.7. The number of allylic oxidation sites excluding steroid dienone is 8. The van der Waals surface area contributed by atoms with Crippen LogP contribution in [0.2, 0.25) is 0 Å². The molecule has 0 saturated carbocycles. The van der Waals surface area contributed by atoms with Gasteiger partial charge in [-0.2, -0.15) is 0 Å². The van der Waals surface area contributed by atoms with E-state index in [1.165, 1.54) is 193 Å². The first kappa shape index (κ1) is 66.4. The Morgan fingerprint density at radius 1 is 0.304 bits per heavy atom. The van der Waals surface area contributed by atoms with Gasteiger partial charge in [0.25, 0.3) is 0 Å². The molecule has 0 amide bonds. The van der Waals surface area contributed by atoms with Gasteiger partial charge < -0.3 is 14.2 Å². The number of hydrogen-bond acceptors (Lipinski definition) is 6. The van der Waals surface area contributed by atoms with Gasteiger partial charge in [0.1, 0.15) is 13.2 Å². The standard InChI is InChI=1S/C63H114O6/c1-4-7-10-13-16-19-20-21-22-23-24-25-26-27-28-29-30-31-32-33-34-35-36-37-38-39-40-41-42-45-47-50-53-56-62(65)68-59-60(69-63(66)57-54-51-48-44-18-15-12-9-6-3)58-67-61(64)55-52-49-46-43-17-14-11-8-5-2/h7,10,16,19,21-22,24-25,60H,4-6,8-9,11-15,17-18,20,23,26-59H2,1-3H3/b10-7-,19-16-,22-21-,25-24-. The molecule has 0 aliphatic carbocycles.